The van der Waals surface area contributed by atoms with Gasteiger partial charge in [0.05, 0.1) is 5.75 Å². The normalized spacial score (nSPS) is 36.0. The second-order valence-corrected chi connectivity index (χ2v) is 9.22. The minimum absolute atomic E-state index is 0.196. The van der Waals surface area contributed by atoms with E-state index in [4.69, 9.17) is 0 Å². The molecule has 1 aromatic carbocycles. The molecule has 3 heteroatoms. The van der Waals surface area contributed by atoms with Gasteiger partial charge >= 0.3 is 0 Å². The van der Waals surface area contributed by atoms with E-state index in [2.05, 4.69) is 24.4 Å². The van der Waals surface area contributed by atoms with E-state index < -0.39 is 0 Å². The van der Waals surface area contributed by atoms with Crippen molar-refractivity contribution in [2.24, 2.45) is 23.2 Å². The summed E-state index contributed by atoms with van der Waals surface area (Å²) in [5, 5.41) is 3.35. The zero-order valence-electron chi connectivity index (χ0n) is 14.0. The number of hydrogen-bond donors (Lipinski definition) is 1. The summed E-state index contributed by atoms with van der Waals surface area (Å²) in [6, 6.07) is 10.5. The van der Waals surface area contributed by atoms with Crippen LogP contribution < -0.4 is 5.32 Å². The van der Waals surface area contributed by atoms with E-state index in [1.165, 1.54) is 43.4 Å². The smallest absolute Gasteiger partial charge is 0.230 e. The SMILES string of the molecule is C[C@H](NC(=O)CSc1ccccc1)C12CC3CC(CC(C3)C1)C2. The highest BCUT2D eigenvalue weighted by Crippen LogP contribution is 2.61. The van der Waals surface area contributed by atoms with Crippen molar-refractivity contribution in [3.05, 3.63) is 30.3 Å². The Morgan fingerprint density at radius 2 is 1.70 bits per heavy atom. The molecule has 0 heterocycles. The molecule has 0 spiro atoms. The average Bonchev–Trinajstić information content (AvgIpc) is 2.52. The summed E-state index contributed by atoms with van der Waals surface area (Å²) in [5.41, 5.74) is 0.405. The topological polar surface area (TPSA) is 29.1 Å². The van der Waals surface area contributed by atoms with Crippen LogP contribution in [0.25, 0.3) is 0 Å². The molecule has 1 aromatic rings. The molecule has 1 amide bonds. The van der Waals surface area contributed by atoms with E-state index in [1.54, 1.807) is 11.8 Å². The Hall–Kier alpha value is -0.960. The molecule has 4 fully saturated rings. The number of thioether (sulfide) groups is 1. The molecule has 0 unspecified atom stereocenters. The van der Waals surface area contributed by atoms with Crippen molar-refractivity contribution in [3.8, 4) is 0 Å². The number of carbonyl (C=O) groups is 1. The molecule has 0 radical (unpaired) electrons. The summed E-state index contributed by atoms with van der Waals surface area (Å²) in [5.74, 6) is 3.56. The van der Waals surface area contributed by atoms with Gasteiger partial charge < -0.3 is 5.32 Å². The Labute approximate surface area is 143 Å². The lowest BCUT2D eigenvalue weighted by atomic mass is 9.48. The molecule has 0 aliphatic heterocycles. The van der Waals surface area contributed by atoms with Crippen LogP contribution in [0.1, 0.15) is 45.4 Å². The molecule has 23 heavy (non-hydrogen) atoms. The fourth-order valence-corrected chi connectivity index (χ4v) is 6.54. The maximum absolute atomic E-state index is 12.4. The fourth-order valence-electron chi connectivity index (χ4n) is 5.81. The lowest BCUT2D eigenvalue weighted by Crippen LogP contribution is -2.56. The summed E-state index contributed by atoms with van der Waals surface area (Å²) >= 11 is 1.64. The van der Waals surface area contributed by atoms with Crippen LogP contribution in [0.15, 0.2) is 35.2 Å². The molecular weight excluding hydrogens is 302 g/mol. The van der Waals surface area contributed by atoms with Crippen LogP contribution in [-0.2, 0) is 4.79 Å². The molecule has 4 aliphatic carbocycles. The predicted octanol–water partition coefficient (Wildman–Crippen LogP) is 4.50. The first-order valence-corrected chi connectivity index (χ1v) is 10.1. The van der Waals surface area contributed by atoms with Crippen LogP contribution in [-0.4, -0.2) is 17.7 Å². The van der Waals surface area contributed by atoms with Gasteiger partial charge in [-0.15, -0.1) is 11.8 Å². The summed E-state index contributed by atoms with van der Waals surface area (Å²) in [4.78, 5) is 13.6. The number of amides is 1. The molecule has 5 rings (SSSR count). The lowest BCUT2D eigenvalue weighted by molar-refractivity contribution is -0.123. The third kappa shape index (κ3) is 3.17. The molecule has 4 bridgehead atoms. The second-order valence-electron chi connectivity index (χ2n) is 8.17. The van der Waals surface area contributed by atoms with Gasteiger partial charge in [-0.1, -0.05) is 18.2 Å². The summed E-state index contributed by atoms with van der Waals surface area (Å²) in [7, 11) is 0. The first-order chi connectivity index (χ1) is 11.1. The van der Waals surface area contributed by atoms with Gasteiger partial charge in [-0.05, 0) is 80.8 Å². The van der Waals surface area contributed by atoms with Gasteiger partial charge in [0.2, 0.25) is 5.91 Å². The third-order valence-corrected chi connectivity index (χ3v) is 7.51. The fraction of sp³-hybridized carbons (Fsp3) is 0.650. The van der Waals surface area contributed by atoms with Gasteiger partial charge in [-0.25, -0.2) is 0 Å². The molecule has 4 aliphatic rings. The minimum atomic E-state index is 0.196. The number of nitrogens with one attached hydrogen (secondary N) is 1. The van der Waals surface area contributed by atoms with E-state index >= 15 is 0 Å². The predicted molar refractivity (Wildman–Crippen MR) is 95.4 cm³/mol. The van der Waals surface area contributed by atoms with Crippen molar-refractivity contribution in [1.29, 1.82) is 0 Å². The highest BCUT2D eigenvalue weighted by atomic mass is 32.2. The van der Waals surface area contributed by atoms with Crippen molar-refractivity contribution < 1.29 is 4.79 Å². The number of hydrogen-bond acceptors (Lipinski definition) is 2. The Balaban J connectivity index is 1.34. The number of rotatable bonds is 5. The summed E-state index contributed by atoms with van der Waals surface area (Å²) in [6.07, 6.45) is 8.45. The van der Waals surface area contributed by atoms with E-state index in [0.29, 0.717) is 17.2 Å². The quantitative estimate of drug-likeness (QED) is 0.806. The largest absolute Gasteiger partial charge is 0.352 e. The van der Waals surface area contributed by atoms with Crippen LogP contribution in [0.4, 0.5) is 0 Å². The van der Waals surface area contributed by atoms with E-state index in [0.717, 1.165) is 17.8 Å². The molecule has 124 valence electrons. The summed E-state index contributed by atoms with van der Waals surface area (Å²) < 4.78 is 0. The number of carbonyl (C=O) groups excluding carboxylic acids is 1. The first kappa shape index (κ1) is 15.6. The van der Waals surface area contributed by atoms with Crippen LogP contribution >= 0.6 is 11.8 Å². The van der Waals surface area contributed by atoms with Crippen LogP contribution in [0, 0.1) is 23.2 Å². The molecule has 1 N–H and O–H groups in total. The Morgan fingerprint density at radius 1 is 1.13 bits per heavy atom. The maximum Gasteiger partial charge on any atom is 0.230 e. The van der Waals surface area contributed by atoms with Crippen molar-refractivity contribution in [1.82, 2.24) is 5.32 Å². The van der Waals surface area contributed by atoms with Crippen LogP contribution in [0.5, 0.6) is 0 Å². The highest BCUT2D eigenvalue weighted by molar-refractivity contribution is 8.00. The van der Waals surface area contributed by atoms with Gasteiger partial charge in [0.15, 0.2) is 0 Å². The Morgan fingerprint density at radius 3 is 2.26 bits per heavy atom. The standard InChI is InChI=1S/C20H27NOS/c1-14(21-19(22)13-23-18-5-3-2-4-6-18)20-10-15-7-16(11-20)9-17(8-15)12-20/h2-6,14-17H,7-13H2,1H3,(H,21,22)/t14-,15?,16?,17?,20?/m0/s1. The first-order valence-electron chi connectivity index (χ1n) is 9.10. The zero-order valence-corrected chi connectivity index (χ0v) is 14.8. The van der Waals surface area contributed by atoms with E-state index in [-0.39, 0.29) is 5.91 Å². The van der Waals surface area contributed by atoms with Gasteiger partial charge in [0, 0.05) is 10.9 Å². The molecule has 4 saturated carbocycles. The van der Waals surface area contributed by atoms with Crippen molar-refractivity contribution in [2.75, 3.05) is 5.75 Å². The van der Waals surface area contributed by atoms with Gasteiger partial charge in [-0.3, -0.25) is 4.79 Å². The number of benzene rings is 1. The van der Waals surface area contributed by atoms with Gasteiger partial charge in [-0.2, -0.15) is 0 Å². The highest BCUT2D eigenvalue weighted by Gasteiger charge is 2.53. The maximum atomic E-state index is 12.4. The van der Waals surface area contributed by atoms with Gasteiger partial charge in [0.1, 0.15) is 0 Å². The Bertz CT molecular complexity index is 535. The van der Waals surface area contributed by atoms with Gasteiger partial charge in [0.25, 0.3) is 0 Å². The monoisotopic (exact) mass is 329 g/mol. The minimum Gasteiger partial charge on any atom is -0.352 e. The van der Waals surface area contributed by atoms with Crippen LogP contribution in [0.3, 0.4) is 0 Å². The average molecular weight is 330 g/mol. The van der Waals surface area contributed by atoms with Crippen LogP contribution in [0.2, 0.25) is 0 Å². The zero-order chi connectivity index (χ0) is 15.9. The summed E-state index contributed by atoms with van der Waals surface area (Å²) in [6.45, 7) is 2.26. The van der Waals surface area contributed by atoms with Crippen molar-refractivity contribution in [2.45, 2.75) is 56.4 Å². The molecule has 0 saturated heterocycles. The lowest BCUT2D eigenvalue weighted by Gasteiger charge is -2.59. The molecular formula is C20H27NOS. The molecule has 1 atom stereocenters. The van der Waals surface area contributed by atoms with E-state index in [9.17, 15) is 4.79 Å². The molecule has 2 nitrogen and oxygen atoms in total. The van der Waals surface area contributed by atoms with Crippen molar-refractivity contribution in [3.63, 3.8) is 0 Å². The van der Waals surface area contributed by atoms with E-state index in [1.807, 2.05) is 18.2 Å². The Kier molecular flexibility index (Phi) is 4.17. The molecule has 0 aromatic heterocycles. The third-order valence-electron chi connectivity index (χ3n) is 6.49. The van der Waals surface area contributed by atoms with Crippen molar-refractivity contribution >= 4 is 17.7 Å². The second kappa shape index (κ2) is 6.16.